The van der Waals surface area contributed by atoms with Gasteiger partial charge in [0.25, 0.3) is 0 Å². The lowest BCUT2D eigenvalue weighted by atomic mass is 9.95. The molecule has 0 unspecified atom stereocenters. The minimum atomic E-state index is -0.393. The molecule has 5 nitrogen and oxygen atoms in total. The van der Waals surface area contributed by atoms with Gasteiger partial charge >= 0.3 is 0 Å². The summed E-state index contributed by atoms with van der Waals surface area (Å²) in [4.78, 5) is 22.2. The Hall–Kier alpha value is -4.19. The van der Waals surface area contributed by atoms with Crippen LogP contribution >= 0.6 is 0 Å². The zero-order chi connectivity index (χ0) is 23.7. The number of aromatic nitrogens is 4. The van der Waals surface area contributed by atoms with E-state index in [1.54, 1.807) is 16.8 Å². The minimum Gasteiger partial charge on any atom is -0.294 e. The van der Waals surface area contributed by atoms with E-state index in [1.807, 2.05) is 74.5 Å². The smallest absolute Gasteiger partial charge is 0.182 e. The van der Waals surface area contributed by atoms with Crippen molar-refractivity contribution in [1.82, 2.24) is 19.6 Å². The van der Waals surface area contributed by atoms with E-state index in [0.29, 0.717) is 22.7 Å². The molecule has 34 heavy (non-hydrogen) atoms. The molecule has 3 aromatic heterocycles. The Kier molecular flexibility index (Phi) is 5.72. The summed E-state index contributed by atoms with van der Waals surface area (Å²) in [5, 5.41) is 4.68. The fraction of sp³-hybridized carbons (Fsp3) is 0.143. The molecule has 0 saturated carbocycles. The van der Waals surface area contributed by atoms with Crippen molar-refractivity contribution in [1.29, 1.82) is 0 Å². The van der Waals surface area contributed by atoms with E-state index >= 15 is 0 Å². The highest BCUT2D eigenvalue weighted by atomic mass is 19.1. The van der Waals surface area contributed by atoms with Crippen LogP contribution in [-0.2, 0) is 0 Å². The summed E-state index contributed by atoms with van der Waals surface area (Å²) in [7, 11) is 0. The van der Waals surface area contributed by atoms with E-state index in [9.17, 15) is 9.18 Å². The molecule has 5 rings (SSSR count). The highest BCUT2D eigenvalue weighted by Gasteiger charge is 2.19. The van der Waals surface area contributed by atoms with Gasteiger partial charge in [-0.2, -0.15) is 0 Å². The maximum atomic E-state index is 13.3. The molecule has 0 spiro atoms. The lowest BCUT2D eigenvalue weighted by Crippen LogP contribution is -2.08. The van der Waals surface area contributed by atoms with Crippen molar-refractivity contribution in [3.8, 4) is 22.5 Å². The molecule has 0 fully saturated rings. The maximum Gasteiger partial charge on any atom is 0.182 e. The number of rotatable bonds is 6. The Morgan fingerprint density at radius 1 is 1.00 bits per heavy atom. The number of carbonyl (C=O) groups is 1. The summed E-state index contributed by atoms with van der Waals surface area (Å²) in [5.74, 6) is 0.0196. The van der Waals surface area contributed by atoms with Crippen LogP contribution in [0.2, 0.25) is 0 Å². The zero-order valence-electron chi connectivity index (χ0n) is 18.9. The van der Waals surface area contributed by atoms with E-state index in [0.717, 1.165) is 22.3 Å². The molecule has 0 saturated heterocycles. The van der Waals surface area contributed by atoms with Crippen molar-refractivity contribution in [2.45, 2.75) is 26.2 Å². The van der Waals surface area contributed by atoms with Gasteiger partial charge in [0.15, 0.2) is 17.3 Å². The van der Waals surface area contributed by atoms with Crippen molar-refractivity contribution < 1.29 is 9.18 Å². The second-order valence-electron chi connectivity index (χ2n) is 8.51. The summed E-state index contributed by atoms with van der Waals surface area (Å²) in [6.45, 7) is 3.95. The molecule has 0 bridgehead atoms. The minimum absolute atomic E-state index is 0.0364. The molecule has 0 amide bonds. The monoisotopic (exact) mass is 450 g/mol. The SMILES string of the molecule is Cc1ccc(-c2cc(C(=O)C[C@H](C)c3ccc(F)cn3)cn3nc(-c4ccccc4)nc23)cc1. The molecule has 3 heterocycles. The molecule has 5 aromatic rings. The van der Waals surface area contributed by atoms with Crippen LogP contribution in [-0.4, -0.2) is 25.4 Å². The molecule has 6 heteroatoms. The Balaban J connectivity index is 1.57. The lowest BCUT2D eigenvalue weighted by Gasteiger charge is -2.12. The number of carbonyl (C=O) groups excluding carboxylic acids is 1. The Bertz CT molecular complexity index is 1460. The van der Waals surface area contributed by atoms with Crippen molar-refractivity contribution in [2.75, 3.05) is 0 Å². The van der Waals surface area contributed by atoms with Gasteiger partial charge < -0.3 is 0 Å². The summed E-state index contributed by atoms with van der Waals surface area (Å²) in [6.07, 6.45) is 3.16. The summed E-state index contributed by atoms with van der Waals surface area (Å²) in [6, 6.07) is 22.8. The largest absolute Gasteiger partial charge is 0.294 e. The van der Waals surface area contributed by atoms with E-state index in [4.69, 9.17) is 4.98 Å². The third kappa shape index (κ3) is 4.35. The van der Waals surface area contributed by atoms with Crippen LogP contribution < -0.4 is 0 Å². The molecule has 1 atom stereocenters. The molecule has 0 aliphatic heterocycles. The van der Waals surface area contributed by atoms with Crippen LogP contribution in [0.5, 0.6) is 0 Å². The van der Waals surface area contributed by atoms with Gasteiger partial charge in [0, 0.05) is 40.9 Å². The molecule has 0 aliphatic rings. The Morgan fingerprint density at radius 2 is 1.76 bits per heavy atom. The normalized spacial score (nSPS) is 12.1. The molecule has 0 aliphatic carbocycles. The fourth-order valence-electron chi connectivity index (χ4n) is 3.97. The van der Waals surface area contributed by atoms with Crippen molar-refractivity contribution in [2.24, 2.45) is 0 Å². The van der Waals surface area contributed by atoms with Crippen LogP contribution in [0.4, 0.5) is 4.39 Å². The highest BCUT2D eigenvalue weighted by molar-refractivity contribution is 5.98. The fourth-order valence-corrected chi connectivity index (χ4v) is 3.97. The van der Waals surface area contributed by atoms with Gasteiger partial charge in [0.2, 0.25) is 0 Å². The van der Waals surface area contributed by atoms with Crippen molar-refractivity contribution in [3.63, 3.8) is 0 Å². The summed E-state index contributed by atoms with van der Waals surface area (Å²) >= 11 is 0. The summed E-state index contributed by atoms with van der Waals surface area (Å²) < 4.78 is 14.9. The lowest BCUT2D eigenvalue weighted by molar-refractivity contribution is 0.0974. The molecule has 2 aromatic carbocycles. The molecule has 0 radical (unpaired) electrons. The second kappa shape index (κ2) is 8.98. The number of ketones is 1. The molecule has 168 valence electrons. The second-order valence-corrected chi connectivity index (χ2v) is 8.51. The Labute approximate surface area is 197 Å². The first-order valence-electron chi connectivity index (χ1n) is 11.2. The number of Topliss-reactive ketones (excluding diaryl/α,β-unsaturated/α-hetero) is 1. The van der Waals surface area contributed by atoms with Crippen LogP contribution in [0.15, 0.2) is 85.2 Å². The van der Waals surface area contributed by atoms with Gasteiger partial charge in [-0.15, -0.1) is 5.10 Å². The Morgan fingerprint density at radius 3 is 2.47 bits per heavy atom. The first kappa shape index (κ1) is 21.6. The number of halogens is 1. The number of aryl methyl sites for hydroxylation is 1. The number of pyridine rings is 2. The standard InChI is InChI=1S/C28H23FN4O/c1-18-8-10-20(11-9-18)24-15-22(26(34)14-19(2)25-13-12-23(29)16-30-25)17-33-28(24)31-27(32-33)21-6-4-3-5-7-21/h3-13,15-17,19H,14H2,1-2H3/t19-/m0/s1. The first-order chi connectivity index (χ1) is 16.5. The molecular formula is C28H23FN4O. The topological polar surface area (TPSA) is 60.2 Å². The number of fused-ring (bicyclic) bond motifs is 1. The average Bonchev–Trinajstić information content (AvgIpc) is 3.29. The predicted octanol–water partition coefficient (Wildman–Crippen LogP) is 6.28. The van der Waals surface area contributed by atoms with Crippen molar-refractivity contribution >= 4 is 11.4 Å². The predicted molar refractivity (Wildman–Crippen MR) is 130 cm³/mol. The van der Waals surface area contributed by atoms with Gasteiger partial charge in [0.05, 0.1) is 6.20 Å². The van der Waals surface area contributed by atoms with Gasteiger partial charge in [-0.1, -0.05) is 67.1 Å². The van der Waals surface area contributed by atoms with E-state index in [2.05, 4.69) is 10.1 Å². The maximum absolute atomic E-state index is 13.3. The highest BCUT2D eigenvalue weighted by Crippen LogP contribution is 2.29. The molecular weight excluding hydrogens is 427 g/mol. The number of hydrogen-bond donors (Lipinski definition) is 0. The van der Waals surface area contributed by atoms with Crippen LogP contribution in [0.3, 0.4) is 0 Å². The van der Waals surface area contributed by atoms with Gasteiger partial charge in [-0.05, 0) is 30.7 Å². The van der Waals surface area contributed by atoms with Gasteiger partial charge in [-0.25, -0.2) is 13.9 Å². The number of nitrogens with zero attached hydrogens (tertiary/aromatic N) is 4. The van der Waals surface area contributed by atoms with E-state index in [1.165, 1.54) is 12.3 Å². The quantitative estimate of drug-likeness (QED) is 0.286. The zero-order valence-corrected chi connectivity index (χ0v) is 18.9. The first-order valence-corrected chi connectivity index (χ1v) is 11.2. The third-order valence-corrected chi connectivity index (χ3v) is 5.90. The molecule has 0 N–H and O–H groups in total. The van der Waals surface area contributed by atoms with Crippen LogP contribution in [0.25, 0.3) is 28.2 Å². The van der Waals surface area contributed by atoms with Gasteiger partial charge in [0.1, 0.15) is 5.82 Å². The van der Waals surface area contributed by atoms with Gasteiger partial charge in [-0.3, -0.25) is 9.78 Å². The van der Waals surface area contributed by atoms with Crippen molar-refractivity contribution in [3.05, 3.63) is 108 Å². The van der Waals surface area contributed by atoms with E-state index < -0.39 is 5.82 Å². The third-order valence-electron chi connectivity index (χ3n) is 5.90. The summed E-state index contributed by atoms with van der Waals surface area (Å²) in [5.41, 5.74) is 5.78. The van der Waals surface area contributed by atoms with Crippen LogP contribution in [0.1, 0.15) is 40.9 Å². The number of hydrogen-bond acceptors (Lipinski definition) is 4. The van der Waals surface area contributed by atoms with Crippen LogP contribution in [0, 0.1) is 12.7 Å². The number of benzene rings is 2. The van der Waals surface area contributed by atoms with E-state index in [-0.39, 0.29) is 18.1 Å². The average molecular weight is 451 g/mol.